The normalized spacial score (nSPS) is 16.3. The van der Waals surface area contributed by atoms with E-state index in [4.69, 9.17) is 9.15 Å². The number of benzene rings is 2. The van der Waals surface area contributed by atoms with Crippen LogP contribution < -0.4 is 10.1 Å². The second-order valence-electron chi connectivity index (χ2n) is 5.32. The molecule has 0 fully saturated rings. The summed E-state index contributed by atoms with van der Waals surface area (Å²) < 4.78 is 11.1. The molecule has 3 aromatic rings. The minimum Gasteiger partial charge on any atom is -0.480 e. The standard InChI is InChI=1S/C17H14N2O3/c1-10-18-13-9-12(6-7-15(13)21-10)19-17(20)16-8-11-4-2-3-5-14(11)22-16/h2-7,9,16H,8H2,1H3,(H,19,20)/t16-/m0/s1. The smallest absolute Gasteiger partial charge is 0.265 e. The average molecular weight is 294 g/mol. The lowest BCUT2D eigenvalue weighted by atomic mass is 10.1. The van der Waals surface area contributed by atoms with Gasteiger partial charge in [0, 0.05) is 19.0 Å². The molecule has 1 aromatic heterocycles. The number of anilines is 1. The molecular formula is C17H14N2O3. The molecule has 1 aliphatic heterocycles. The molecule has 0 aliphatic carbocycles. The quantitative estimate of drug-likeness (QED) is 0.789. The molecule has 0 saturated heterocycles. The van der Waals surface area contributed by atoms with Crippen LogP contribution in [0, 0.1) is 6.92 Å². The number of fused-ring (bicyclic) bond motifs is 2. The number of carbonyl (C=O) groups excluding carboxylic acids is 1. The van der Waals surface area contributed by atoms with E-state index in [-0.39, 0.29) is 5.91 Å². The maximum atomic E-state index is 12.3. The molecule has 0 unspecified atom stereocenters. The van der Waals surface area contributed by atoms with E-state index in [1.165, 1.54) is 0 Å². The minimum absolute atomic E-state index is 0.157. The summed E-state index contributed by atoms with van der Waals surface area (Å²) in [7, 11) is 0. The highest BCUT2D eigenvalue weighted by Crippen LogP contribution is 2.29. The van der Waals surface area contributed by atoms with Gasteiger partial charge in [-0.3, -0.25) is 4.79 Å². The first-order chi connectivity index (χ1) is 10.7. The zero-order valence-corrected chi connectivity index (χ0v) is 12.0. The summed E-state index contributed by atoms with van der Waals surface area (Å²) in [5, 5.41) is 2.87. The largest absolute Gasteiger partial charge is 0.480 e. The van der Waals surface area contributed by atoms with Crippen LogP contribution in [-0.2, 0) is 11.2 Å². The number of rotatable bonds is 2. The van der Waals surface area contributed by atoms with Crippen molar-refractivity contribution in [3.05, 3.63) is 53.9 Å². The number of ether oxygens (including phenoxy) is 1. The molecule has 0 saturated carbocycles. The van der Waals surface area contributed by atoms with Crippen LogP contribution in [0.5, 0.6) is 5.75 Å². The number of oxazole rings is 1. The van der Waals surface area contributed by atoms with Gasteiger partial charge >= 0.3 is 0 Å². The number of hydrogen-bond donors (Lipinski definition) is 1. The molecule has 2 aromatic carbocycles. The van der Waals surface area contributed by atoms with E-state index in [9.17, 15) is 4.79 Å². The second kappa shape index (κ2) is 4.87. The SMILES string of the molecule is Cc1nc2cc(NC(=O)[C@@H]3Cc4ccccc4O3)ccc2o1. The Hall–Kier alpha value is -2.82. The van der Waals surface area contributed by atoms with E-state index in [0.717, 1.165) is 16.8 Å². The van der Waals surface area contributed by atoms with Gasteiger partial charge in [0.05, 0.1) is 0 Å². The lowest BCUT2D eigenvalue weighted by Gasteiger charge is -2.11. The zero-order chi connectivity index (χ0) is 15.1. The van der Waals surface area contributed by atoms with Gasteiger partial charge in [0.1, 0.15) is 11.3 Å². The third kappa shape index (κ3) is 2.20. The Morgan fingerprint density at radius 3 is 3.00 bits per heavy atom. The van der Waals surface area contributed by atoms with E-state index in [0.29, 0.717) is 23.6 Å². The molecule has 1 N–H and O–H groups in total. The Bertz CT molecular complexity index is 844. The maximum Gasteiger partial charge on any atom is 0.265 e. The molecule has 0 bridgehead atoms. The molecule has 1 amide bonds. The van der Waals surface area contributed by atoms with Crippen molar-refractivity contribution in [2.45, 2.75) is 19.4 Å². The molecule has 5 heteroatoms. The van der Waals surface area contributed by atoms with Crippen molar-refractivity contribution in [1.82, 2.24) is 4.98 Å². The zero-order valence-electron chi connectivity index (χ0n) is 12.0. The van der Waals surface area contributed by atoms with Gasteiger partial charge in [-0.25, -0.2) is 4.98 Å². The van der Waals surface area contributed by atoms with Gasteiger partial charge in [-0.15, -0.1) is 0 Å². The summed E-state index contributed by atoms with van der Waals surface area (Å²) >= 11 is 0. The topological polar surface area (TPSA) is 64.4 Å². The molecular weight excluding hydrogens is 280 g/mol. The maximum absolute atomic E-state index is 12.3. The van der Waals surface area contributed by atoms with Crippen molar-refractivity contribution in [3.63, 3.8) is 0 Å². The predicted molar refractivity (Wildman–Crippen MR) is 81.9 cm³/mol. The first kappa shape index (κ1) is 12.9. The highest BCUT2D eigenvalue weighted by atomic mass is 16.5. The summed E-state index contributed by atoms with van der Waals surface area (Å²) in [4.78, 5) is 16.6. The highest BCUT2D eigenvalue weighted by Gasteiger charge is 2.28. The van der Waals surface area contributed by atoms with Gasteiger partial charge in [-0.1, -0.05) is 18.2 Å². The van der Waals surface area contributed by atoms with E-state index in [1.54, 1.807) is 25.1 Å². The lowest BCUT2D eigenvalue weighted by Crippen LogP contribution is -2.31. The summed E-state index contributed by atoms with van der Waals surface area (Å²) in [5.74, 6) is 1.23. The Kier molecular flexibility index (Phi) is 2.85. The van der Waals surface area contributed by atoms with Crippen molar-refractivity contribution in [3.8, 4) is 5.75 Å². The fourth-order valence-corrected chi connectivity index (χ4v) is 2.67. The Morgan fingerprint density at radius 2 is 2.14 bits per heavy atom. The number of para-hydroxylation sites is 1. The van der Waals surface area contributed by atoms with Crippen molar-refractivity contribution in [2.75, 3.05) is 5.32 Å². The minimum atomic E-state index is -0.493. The Morgan fingerprint density at radius 1 is 1.27 bits per heavy atom. The second-order valence-corrected chi connectivity index (χ2v) is 5.32. The van der Waals surface area contributed by atoms with Gasteiger partial charge in [-0.2, -0.15) is 0 Å². The predicted octanol–water partition coefficient (Wildman–Crippen LogP) is 3.08. The number of aromatic nitrogens is 1. The lowest BCUT2D eigenvalue weighted by molar-refractivity contribution is -0.122. The van der Waals surface area contributed by atoms with Crippen LogP contribution in [-0.4, -0.2) is 17.0 Å². The third-order valence-corrected chi connectivity index (χ3v) is 3.70. The van der Waals surface area contributed by atoms with Crippen LogP contribution in [0.25, 0.3) is 11.1 Å². The summed E-state index contributed by atoms with van der Waals surface area (Å²) in [5.41, 5.74) is 3.18. The monoisotopic (exact) mass is 294 g/mol. The number of amides is 1. The van der Waals surface area contributed by atoms with Crippen LogP contribution in [0.1, 0.15) is 11.5 Å². The van der Waals surface area contributed by atoms with Crippen LogP contribution in [0.3, 0.4) is 0 Å². The molecule has 2 heterocycles. The number of hydrogen-bond acceptors (Lipinski definition) is 4. The third-order valence-electron chi connectivity index (χ3n) is 3.70. The summed E-state index contributed by atoms with van der Waals surface area (Å²) in [6, 6.07) is 13.1. The van der Waals surface area contributed by atoms with Gasteiger partial charge in [0.2, 0.25) is 0 Å². The van der Waals surface area contributed by atoms with Crippen molar-refractivity contribution >= 4 is 22.7 Å². The molecule has 110 valence electrons. The van der Waals surface area contributed by atoms with Crippen LogP contribution in [0.15, 0.2) is 46.9 Å². The van der Waals surface area contributed by atoms with E-state index in [1.807, 2.05) is 24.3 Å². The van der Waals surface area contributed by atoms with E-state index >= 15 is 0 Å². The molecule has 0 spiro atoms. The van der Waals surface area contributed by atoms with Crippen LogP contribution >= 0.6 is 0 Å². The molecule has 1 atom stereocenters. The molecule has 5 nitrogen and oxygen atoms in total. The first-order valence-corrected chi connectivity index (χ1v) is 7.12. The Labute approximate surface area is 126 Å². The fourth-order valence-electron chi connectivity index (χ4n) is 2.67. The summed E-state index contributed by atoms with van der Waals surface area (Å²) in [6.07, 6.45) is 0.0972. The average Bonchev–Trinajstić information content (AvgIpc) is 3.08. The van der Waals surface area contributed by atoms with Gasteiger partial charge in [0.15, 0.2) is 17.6 Å². The number of carbonyl (C=O) groups is 1. The number of nitrogens with zero attached hydrogens (tertiary/aromatic N) is 1. The van der Waals surface area contributed by atoms with Crippen LogP contribution in [0.4, 0.5) is 5.69 Å². The molecule has 0 radical (unpaired) electrons. The fraction of sp³-hybridized carbons (Fsp3) is 0.176. The van der Waals surface area contributed by atoms with Crippen molar-refractivity contribution in [2.24, 2.45) is 0 Å². The molecule has 1 aliphatic rings. The Balaban J connectivity index is 1.52. The molecule has 22 heavy (non-hydrogen) atoms. The van der Waals surface area contributed by atoms with Gasteiger partial charge in [0.25, 0.3) is 5.91 Å². The van der Waals surface area contributed by atoms with Gasteiger partial charge < -0.3 is 14.5 Å². The number of nitrogens with one attached hydrogen (secondary N) is 1. The van der Waals surface area contributed by atoms with E-state index in [2.05, 4.69) is 10.3 Å². The van der Waals surface area contributed by atoms with Gasteiger partial charge in [-0.05, 0) is 29.8 Å². The van der Waals surface area contributed by atoms with Crippen LogP contribution in [0.2, 0.25) is 0 Å². The van der Waals surface area contributed by atoms with Crippen molar-refractivity contribution in [1.29, 1.82) is 0 Å². The summed E-state index contributed by atoms with van der Waals surface area (Å²) in [6.45, 7) is 1.79. The number of aryl methyl sites for hydroxylation is 1. The van der Waals surface area contributed by atoms with E-state index < -0.39 is 6.10 Å². The highest BCUT2D eigenvalue weighted by molar-refractivity contribution is 5.96. The van der Waals surface area contributed by atoms with Crippen molar-refractivity contribution < 1.29 is 13.9 Å². The first-order valence-electron chi connectivity index (χ1n) is 7.12. The molecule has 4 rings (SSSR count).